The molecule has 0 bridgehead atoms. The number of nitrogens with one attached hydrogen (secondary N) is 2. The van der Waals surface area contributed by atoms with Crippen LogP contribution in [0.5, 0.6) is 11.5 Å². The molecule has 3 rings (SSSR count). The lowest BCUT2D eigenvalue weighted by molar-refractivity contribution is -0.113. The summed E-state index contributed by atoms with van der Waals surface area (Å²) in [5.41, 5.74) is 1.72. The zero-order chi connectivity index (χ0) is 21.5. The van der Waals surface area contributed by atoms with Crippen LogP contribution in [0.2, 0.25) is 0 Å². The van der Waals surface area contributed by atoms with Crippen molar-refractivity contribution in [3.05, 3.63) is 83.4 Å². The Morgan fingerprint density at radius 1 is 1.00 bits per heavy atom. The van der Waals surface area contributed by atoms with E-state index in [1.165, 1.54) is 19.4 Å². The van der Waals surface area contributed by atoms with Gasteiger partial charge in [0.1, 0.15) is 23.0 Å². The molecule has 0 saturated heterocycles. The average molecular weight is 406 g/mol. The van der Waals surface area contributed by atoms with Gasteiger partial charge in [-0.1, -0.05) is 18.2 Å². The third-order valence-electron chi connectivity index (χ3n) is 4.37. The van der Waals surface area contributed by atoms with Crippen molar-refractivity contribution < 1.29 is 23.5 Å². The number of benzene rings is 2. The van der Waals surface area contributed by atoms with Crippen molar-refractivity contribution in [3.8, 4) is 11.5 Å². The van der Waals surface area contributed by atoms with Crippen LogP contribution < -0.4 is 20.1 Å². The minimum absolute atomic E-state index is 0.0241. The fraction of sp³-hybridized carbons (Fsp3) is 0.130. The maximum absolute atomic E-state index is 13.0. The summed E-state index contributed by atoms with van der Waals surface area (Å²) in [4.78, 5) is 25.8. The molecular formula is C23H22N2O5. The second-order valence-corrected chi connectivity index (χ2v) is 6.36. The van der Waals surface area contributed by atoms with Crippen LogP contribution in [0.15, 0.2) is 71.0 Å². The second kappa shape index (κ2) is 9.47. The van der Waals surface area contributed by atoms with Gasteiger partial charge in [-0.2, -0.15) is 0 Å². The summed E-state index contributed by atoms with van der Waals surface area (Å²) in [5, 5.41) is 5.43. The molecule has 1 aromatic heterocycles. The van der Waals surface area contributed by atoms with Crippen LogP contribution in [0, 0.1) is 6.92 Å². The maximum Gasteiger partial charge on any atom is 0.272 e. The van der Waals surface area contributed by atoms with E-state index in [0.29, 0.717) is 28.5 Å². The van der Waals surface area contributed by atoms with Gasteiger partial charge in [0.2, 0.25) is 0 Å². The number of carbonyl (C=O) groups is 2. The Morgan fingerprint density at radius 3 is 2.47 bits per heavy atom. The van der Waals surface area contributed by atoms with Gasteiger partial charge < -0.3 is 24.5 Å². The molecule has 0 aliphatic heterocycles. The third kappa shape index (κ3) is 4.88. The topological polar surface area (TPSA) is 89.8 Å². The van der Waals surface area contributed by atoms with E-state index in [2.05, 4.69) is 10.6 Å². The molecule has 7 heteroatoms. The van der Waals surface area contributed by atoms with Crippen LogP contribution in [0.4, 0.5) is 5.69 Å². The predicted octanol–water partition coefficient (Wildman–Crippen LogP) is 4.01. The van der Waals surface area contributed by atoms with Crippen molar-refractivity contribution >= 4 is 23.6 Å². The van der Waals surface area contributed by atoms with Crippen molar-refractivity contribution in [2.45, 2.75) is 6.92 Å². The first kappa shape index (κ1) is 20.7. The Hall–Kier alpha value is -4.00. The highest BCUT2D eigenvalue weighted by atomic mass is 16.5. The van der Waals surface area contributed by atoms with Crippen molar-refractivity contribution in [3.63, 3.8) is 0 Å². The Bertz CT molecular complexity index is 1070. The molecule has 30 heavy (non-hydrogen) atoms. The third-order valence-corrected chi connectivity index (χ3v) is 4.37. The quantitative estimate of drug-likeness (QED) is 0.579. The molecule has 0 aliphatic carbocycles. The molecule has 0 radical (unpaired) electrons. The first-order valence-corrected chi connectivity index (χ1v) is 9.17. The summed E-state index contributed by atoms with van der Waals surface area (Å²) in [7, 11) is 3.03. The molecule has 154 valence electrons. The van der Waals surface area contributed by atoms with Crippen molar-refractivity contribution in [2.75, 3.05) is 19.5 Å². The summed E-state index contributed by atoms with van der Waals surface area (Å²) < 4.78 is 15.8. The average Bonchev–Trinajstić information content (AvgIpc) is 3.27. The number of ether oxygens (including phenoxy) is 2. The fourth-order valence-electron chi connectivity index (χ4n) is 2.78. The summed E-state index contributed by atoms with van der Waals surface area (Å²) in [5.74, 6) is 0.501. The van der Waals surface area contributed by atoms with E-state index >= 15 is 0 Å². The Balaban J connectivity index is 1.88. The Kier molecular flexibility index (Phi) is 6.54. The van der Waals surface area contributed by atoms with E-state index < -0.39 is 11.8 Å². The van der Waals surface area contributed by atoms with E-state index in [-0.39, 0.29) is 5.70 Å². The van der Waals surface area contributed by atoms with E-state index in [1.807, 2.05) is 19.1 Å². The van der Waals surface area contributed by atoms with Crippen LogP contribution >= 0.6 is 0 Å². The predicted molar refractivity (Wildman–Crippen MR) is 114 cm³/mol. The van der Waals surface area contributed by atoms with Crippen LogP contribution in [0.1, 0.15) is 21.7 Å². The molecule has 0 spiro atoms. The number of furan rings is 1. The molecule has 0 saturated carbocycles. The zero-order valence-electron chi connectivity index (χ0n) is 16.9. The molecular weight excluding hydrogens is 384 g/mol. The molecule has 2 N–H and O–H groups in total. The number of aryl methyl sites for hydroxylation is 1. The van der Waals surface area contributed by atoms with Crippen molar-refractivity contribution in [1.29, 1.82) is 0 Å². The molecule has 0 atom stereocenters. The molecule has 2 amide bonds. The highest BCUT2D eigenvalue weighted by molar-refractivity contribution is 6.11. The van der Waals surface area contributed by atoms with Crippen LogP contribution in [0.25, 0.3) is 6.08 Å². The van der Waals surface area contributed by atoms with Crippen molar-refractivity contribution in [1.82, 2.24) is 5.32 Å². The van der Waals surface area contributed by atoms with Crippen LogP contribution in [-0.2, 0) is 4.79 Å². The normalized spacial score (nSPS) is 11.0. The van der Waals surface area contributed by atoms with Gasteiger partial charge in [-0.05, 0) is 42.8 Å². The van der Waals surface area contributed by atoms with Crippen molar-refractivity contribution in [2.24, 2.45) is 0 Å². The smallest absolute Gasteiger partial charge is 0.272 e. The lowest BCUT2D eigenvalue weighted by atomic mass is 10.1. The van der Waals surface area contributed by atoms with E-state index in [4.69, 9.17) is 13.9 Å². The standard InChI is InChI=1S/C23H22N2O5/c1-15-7-4-5-9-18(15)22(26)25-20(13-17-8-6-12-30-17)23(27)24-19-11-10-16(28-2)14-21(19)29-3/h4-14H,1-3H3,(H,24,27)(H,25,26)/b20-13-. The number of carbonyl (C=O) groups excluding carboxylic acids is 2. The van der Waals surface area contributed by atoms with Gasteiger partial charge in [0, 0.05) is 17.7 Å². The fourth-order valence-corrected chi connectivity index (χ4v) is 2.78. The van der Waals surface area contributed by atoms with Gasteiger partial charge in [-0.3, -0.25) is 9.59 Å². The zero-order valence-corrected chi connectivity index (χ0v) is 16.9. The van der Waals surface area contributed by atoms with Crippen LogP contribution in [-0.4, -0.2) is 26.0 Å². The van der Waals surface area contributed by atoms with E-state index in [9.17, 15) is 9.59 Å². The maximum atomic E-state index is 13.0. The summed E-state index contributed by atoms with van der Waals surface area (Å²) >= 11 is 0. The number of rotatable bonds is 7. The number of amides is 2. The highest BCUT2D eigenvalue weighted by Crippen LogP contribution is 2.29. The second-order valence-electron chi connectivity index (χ2n) is 6.36. The van der Waals surface area contributed by atoms with Crippen LogP contribution in [0.3, 0.4) is 0 Å². The molecule has 0 fully saturated rings. The largest absolute Gasteiger partial charge is 0.497 e. The molecule has 7 nitrogen and oxygen atoms in total. The summed E-state index contributed by atoms with van der Waals surface area (Å²) in [6.07, 6.45) is 2.94. The van der Waals surface area contributed by atoms with Gasteiger partial charge in [0.25, 0.3) is 11.8 Å². The van der Waals surface area contributed by atoms with Gasteiger partial charge in [0.05, 0.1) is 26.2 Å². The molecule has 3 aromatic rings. The Morgan fingerprint density at radius 2 is 1.80 bits per heavy atom. The number of hydrogen-bond acceptors (Lipinski definition) is 5. The van der Waals surface area contributed by atoms with Gasteiger partial charge in [-0.25, -0.2) is 0 Å². The lowest BCUT2D eigenvalue weighted by Gasteiger charge is -2.14. The summed E-state index contributed by atoms with van der Waals surface area (Å²) in [6.45, 7) is 1.83. The van der Waals surface area contributed by atoms with Gasteiger partial charge in [0.15, 0.2) is 0 Å². The molecule has 1 heterocycles. The SMILES string of the molecule is COc1ccc(NC(=O)/C(=C/c2ccco2)NC(=O)c2ccccc2C)c(OC)c1. The minimum Gasteiger partial charge on any atom is -0.497 e. The monoisotopic (exact) mass is 406 g/mol. The lowest BCUT2D eigenvalue weighted by Crippen LogP contribution is -2.31. The van der Waals surface area contributed by atoms with Gasteiger partial charge >= 0.3 is 0 Å². The first-order chi connectivity index (χ1) is 14.5. The van der Waals surface area contributed by atoms with E-state index in [0.717, 1.165) is 5.56 Å². The number of methoxy groups -OCH3 is 2. The van der Waals surface area contributed by atoms with Gasteiger partial charge in [-0.15, -0.1) is 0 Å². The highest BCUT2D eigenvalue weighted by Gasteiger charge is 2.18. The van der Waals surface area contributed by atoms with E-state index in [1.54, 1.807) is 49.6 Å². The molecule has 0 unspecified atom stereocenters. The Labute approximate surface area is 174 Å². The molecule has 2 aromatic carbocycles. The molecule has 0 aliphatic rings. The minimum atomic E-state index is -0.531. The first-order valence-electron chi connectivity index (χ1n) is 9.17. The number of anilines is 1. The summed E-state index contributed by atoms with van der Waals surface area (Å²) in [6, 6.07) is 15.5. The number of hydrogen-bond donors (Lipinski definition) is 2.